The van der Waals surface area contributed by atoms with Crippen molar-refractivity contribution in [1.82, 2.24) is 4.98 Å². The Bertz CT molecular complexity index is 471. The van der Waals surface area contributed by atoms with E-state index < -0.39 is 0 Å². The van der Waals surface area contributed by atoms with E-state index >= 15 is 0 Å². The molecule has 1 aromatic heterocycles. The summed E-state index contributed by atoms with van der Waals surface area (Å²) < 4.78 is 1.77. The molecule has 2 nitrogen and oxygen atoms in total. The van der Waals surface area contributed by atoms with Crippen molar-refractivity contribution in [3.63, 3.8) is 0 Å². The van der Waals surface area contributed by atoms with Gasteiger partial charge in [0.2, 0.25) is 0 Å². The number of aromatic nitrogens is 1. The first-order chi connectivity index (χ1) is 7.16. The maximum Gasteiger partial charge on any atom is 0.194 e. The molecule has 0 bridgehead atoms. The number of rotatable bonds is 2. The van der Waals surface area contributed by atoms with Gasteiger partial charge in [-0.15, -0.1) is 0 Å². The molecule has 0 unspecified atom stereocenters. The Morgan fingerprint density at radius 3 is 2.27 bits per heavy atom. The SMILES string of the molecule is O=C(c1cc[nH]c1)c1cc(Br)cc(Br)c1. The number of H-pyrrole nitrogens is 1. The van der Waals surface area contributed by atoms with E-state index in [1.807, 2.05) is 6.07 Å². The molecule has 0 atom stereocenters. The zero-order valence-electron chi connectivity index (χ0n) is 7.63. The second-order valence-corrected chi connectivity index (χ2v) is 4.92. The fourth-order valence-corrected chi connectivity index (χ4v) is 2.61. The molecule has 0 amide bonds. The molecule has 2 aromatic rings. The van der Waals surface area contributed by atoms with Crippen LogP contribution in [0.3, 0.4) is 0 Å². The molecule has 2 rings (SSSR count). The van der Waals surface area contributed by atoms with Crippen LogP contribution in [0.25, 0.3) is 0 Å². The van der Waals surface area contributed by atoms with Crippen molar-refractivity contribution >= 4 is 37.6 Å². The average molecular weight is 329 g/mol. The van der Waals surface area contributed by atoms with E-state index in [1.165, 1.54) is 0 Å². The highest BCUT2D eigenvalue weighted by Gasteiger charge is 2.10. The molecular formula is C11H7Br2NO. The molecule has 1 aromatic carbocycles. The summed E-state index contributed by atoms with van der Waals surface area (Å²) in [4.78, 5) is 14.8. The van der Waals surface area contributed by atoms with Crippen molar-refractivity contribution in [3.05, 3.63) is 56.7 Å². The predicted molar refractivity (Wildman–Crippen MR) is 66.1 cm³/mol. The highest BCUT2D eigenvalue weighted by Crippen LogP contribution is 2.21. The monoisotopic (exact) mass is 327 g/mol. The molecule has 0 aliphatic heterocycles. The van der Waals surface area contributed by atoms with Gasteiger partial charge in [0.15, 0.2) is 5.78 Å². The van der Waals surface area contributed by atoms with E-state index in [-0.39, 0.29) is 5.78 Å². The van der Waals surface area contributed by atoms with Gasteiger partial charge >= 0.3 is 0 Å². The minimum absolute atomic E-state index is 0.0123. The molecule has 1 N–H and O–H groups in total. The number of carbonyl (C=O) groups excluding carboxylic acids is 1. The largest absolute Gasteiger partial charge is 0.367 e. The fraction of sp³-hybridized carbons (Fsp3) is 0. The van der Waals surface area contributed by atoms with Crippen molar-refractivity contribution in [2.75, 3.05) is 0 Å². The third kappa shape index (κ3) is 2.38. The van der Waals surface area contributed by atoms with Crippen molar-refractivity contribution in [2.45, 2.75) is 0 Å². The second kappa shape index (κ2) is 4.33. The first-order valence-electron chi connectivity index (χ1n) is 4.30. The zero-order chi connectivity index (χ0) is 10.8. The van der Waals surface area contributed by atoms with Crippen LogP contribution in [0.15, 0.2) is 45.6 Å². The molecule has 0 radical (unpaired) electrons. The lowest BCUT2D eigenvalue weighted by atomic mass is 10.1. The first-order valence-corrected chi connectivity index (χ1v) is 5.89. The van der Waals surface area contributed by atoms with Crippen LogP contribution in [0, 0.1) is 0 Å². The summed E-state index contributed by atoms with van der Waals surface area (Å²) in [5.41, 5.74) is 1.33. The Kier molecular flexibility index (Phi) is 3.07. The molecule has 0 fully saturated rings. The minimum atomic E-state index is 0.0123. The molecule has 15 heavy (non-hydrogen) atoms. The van der Waals surface area contributed by atoms with Gasteiger partial charge in [-0.05, 0) is 24.3 Å². The van der Waals surface area contributed by atoms with Gasteiger partial charge in [-0.3, -0.25) is 4.79 Å². The van der Waals surface area contributed by atoms with Crippen molar-refractivity contribution < 1.29 is 4.79 Å². The Labute approximate surface area is 104 Å². The molecule has 0 saturated heterocycles. The van der Waals surface area contributed by atoms with Crippen LogP contribution < -0.4 is 0 Å². The molecule has 4 heteroatoms. The van der Waals surface area contributed by atoms with Crippen molar-refractivity contribution in [1.29, 1.82) is 0 Å². The lowest BCUT2D eigenvalue weighted by Gasteiger charge is -2.00. The maximum atomic E-state index is 12.0. The van der Waals surface area contributed by atoms with E-state index in [4.69, 9.17) is 0 Å². The molecular weight excluding hydrogens is 322 g/mol. The van der Waals surface area contributed by atoms with E-state index in [1.54, 1.807) is 30.6 Å². The fourth-order valence-electron chi connectivity index (χ4n) is 1.32. The standard InChI is InChI=1S/C11H7Br2NO/c12-9-3-8(4-10(13)5-9)11(15)7-1-2-14-6-7/h1-6,14H. The number of nitrogens with one attached hydrogen (secondary N) is 1. The van der Waals surface area contributed by atoms with Crippen LogP contribution in [0.2, 0.25) is 0 Å². The number of hydrogen-bond donors (Lipinski definition) is 1. The quantitative estimate of drug-likeness (QED) is 0.836. The maximum absolute atomic E-state index is 12.0. The molecule has 1 heterocycles. The predicted octanol–water partition coefficient (Wildman–Crippen LogP) is 3.77. The van der Waals surface area contributed by atoms with Gasteiger partial charge in [-0.1, -0.05) is 31.9 Å². The number of aromatic amines is 1. The van der Waals surface area contributed by atoms with Gasteiger partial charge in [0.05, 0.1) is 0 Å². The summed E-state index contributed by atoms with van der Waals surface area (Å²) in [6, 6.07) is 7.27. The van der Waals surface area contributed by atoms with Crippen molar-refractivity contribution in [2.24, 2.45) is 0 Å². The van der Waals surface area contributed by atoms with Crippen LogP contribution in [0.1, 0.15) is 15.9 Å². The Morgan fingerprint density at radius 1 is 1.07 bits per heavy atom. The summed E-state index contributed by atoms with van der Waals surface area (Å²) in [7, 11) is 0. The summed E-state index contributed by atoms with van der Waals surface area (Å²) in [5.74, 6) is 0.0123. The van der Waals surface area contributed by atoms with Gasteiger partial charge < -0.3 is 4.98 Å². The Balaban J connectivity index is 2.42. The van der Waals surface area contributed by atoms with Gasteiger partial charge in [0.1, 0.15) is 0 Å². The lowest BCUT2D eigenvalue weighted by Crippen LogP contribution is -1.99. The third-order valence-electron chi connectivity index (χ3n) is 1.98. The lowest BCUT2D eigenvalue weighted by molar-refractivity contribution is 0.103. The number of carbonyl (C=O) groups is 1. The molecule has 0 aliphatic rings. The molecule has 0 aliphatic carbocycles. The summed E-state index contributed by atoms with van der Waals surface area (Å²) >= 11 is 6.71. The van der Waals surface area contributed by atoms with Gasteiger partial charge in [0, 0.05) is 32.5 Å². The second-order valence-electron chi connectivity index (χ2n) is 3.09. The summed E-state index contributed by atoms with van der Waals surface area (Å²) in [6.45, 7) is 0. The van der Waals surface area contributed by atoms with Crippen molar-refractivity contribution in [3.8, 4) is 0 Å². The van der Waals surface area contributed by atoms with Gasteiger partial charge in [-0.25, -0.2) is 0 Å². The molecule has 0 saturated carbocycles. The first kappa shape index (κ1) is 10.6. The highest BCUT2D eigenvalue weighted by atomic mass is 79.9. The highest BCUT2D eigenvalue weighted by molar-refractivity contribution is 9.11. The number of benzene rings is 1. The van der Waals surface area contributed by atoms with Gasteiger partial charge in [-0.2, -0.15) is 0 Å². The normalized spacial score (nSPS) is 10.3. The summed E-state index contributed by atoms with van der Waals surface area (Å²) in [5, 5.41) is 0. The van der Waals surface area contributed by atoms with E-state index in [9.17, 15) is 4.79 Å². The van der Waals surface area contributed by atoms with Crippen LogP contribution in [-0.2, 0) is 0 Å². The Hall–Kier alpha value is -0.870. The van der Waals surface area contributed by atoms with Crippen LogP contribution in [0.4, 0.5) is 0 Å². The topological polar surface area (TPSA) is 32.9 Å². The van der Waals surface area contributed by atoms with E-state index in [2.05, 4.69) is 36.8 Å². The molecule has 0 spiro atoms. The Morgan fingerprint density at radius 2 is 1.73 bits per heavy atom. The van der Waals surface area contributed by atoms with Crippen LogP contribution in [-0.4, -0.2) is 10.8 Å². The van der Waals surface area contributed by atoms with Gasteiger partial charge in [0.25, 0.3) is 0 Å². The number of hydrogen-bond acceptors (Lipinski definition) is 1. The number of halogens is 2. The minimum Gasteiger partial charge on any atom is -0.367 e. The van der Waals surface area contributed by atoms with Crippen LogP contribution in [0.5, 0.6) is 0 Å². The smallest absolute Gasteiger partial charge is 0.194 e. The third-order valence-corrected chi connectivity index (χ3v) is 2.90. The summed E-state index contributed by atoms with van der Waals surface area (Å²) in [6.07, 6.45) is 3.43. The average Bonchev–Trinajstić information content (AvgIpc) is 2.67. The molecule has 76 valence electrons. The number of ketones is 1. The van der Waals surface area contributed by atoms with E-state index in [0.29, 0.717) is 11.1 Å². The van der Waals surface area contributed by atoms with Crippen LogP contribution >= 0.6 is 31.9 Å². The zero-order valence-corrected chi connectivity index (χ0v) is 10.8. The van der Waals surface area contributed by atoms with E-state index in [0.717, 1.165) is 8.95 Å².